The predicted molar refractivity (Wildman–Crippen MR) is 107 cm³/mol. The zero-order valence-corrected chi connectivity index (χ0v) is 17.6. The number of rotatable bonds is 5. The zero-order chi connectivity index (χ0) is 21.2. The molecule has 1 aromatic heterocycles. The van der Waals surface area contributed by atoms with E-state index in [1.165, 1.54) is 7.11 Å². The number of hydrogen-bond acceptors (Lipinski definition) is 6. The van der Waals surface area contributed by atoms with Crippen molar-refractivity contribution in [3.05, 3.63) is 35.7 Å². The number of amides is 1. The zero-order valence-electron chi connectivity index (χ0n) is 17.6. The number of aromatic nitrogens is 3. The minimum atomic E-state index is -0.652. The van der Waals surface area contributed by atoms with Gasteiger partial charge in [0.2, 0.25) is 0 Å². The van der Waals surface area contributed by atoms with Gasteiger partial charge in [-0.05, 0) is 51.7 Å². The summed E-state index contributed by atoms with van der Waals surface area (Å²) in [6, 6.07) is 7.43. The van der Waals surface area contributed by atoms with Crippen LogP contribution in [-0.2, 0) is 9.53 Å². The van der Waals surface area contributed by atoms with Crippen LogP contribution in [0.3, 0.4) is 0 Å². The standard InChI is InChI=1S/C21H28N4O4/c1-14-18(22-23-25(14)16-9-6-10-17(12-16)28-4)19(26)24-11-7-8-15(13-24)21(2,3)20(27)29-5/h6,9-10,12,15H,7-8,11,13H2,1-5H3. The maximum Gasteiger partial charge on any atom is 0.311 e. The molecule has 1 unspecified atom stereocenters. The number of likely N-dealkylation sites (tertiary alicyclic amines) is 1. The first-order chi connectivity index (χ1) is 13.8. The van der Waals surface area contributed by atoms with E-state index < -0.39 is 5.41 Å². The Morgan fingerprint density at radius 1 is 1.24 bits per heavy atom. The summed E-state index contributed by atoms with van der Waals surface area (Å²) in [6.07, 6.45) is 1.71. The van der Waals surface area contributed by atoms with Crippen molar-refractivity contribution in [1.82, 2.24) is 19.9 Å². The van der Waals surface area contributed by atoms with Gasteiger partial charge in [0.15, 0.2) is 5.69 Å². The van der Waals surface area contributed by atoms with E-state index in [0.29, 0.717) is 30.2 Å². The SMILES string of the molecule is COC(=O)C(C)(C)C1CCCN(C(=O)c2nnn(-c3cccc(OC)c3)c2C)C1. The normalized spacial score (nSPS) is 17.1. The fourth-order valence-corrected chi connectivity index (χ4v) is 3.84. The van der Waals surface area contributed by atoms with E-state index in [-0.39, 0.29) is 17.8 Å². The Labute approximate surface area is 170 Å². The molecule has 1 aromatic carbocycles. The van der Waals surface area contributed by atoms with Crippen molar-refractivity contribution < 1.29 is 19.1 Å². The van der Waals surface area contributed by atoms with Gasteiger partial charge in [-0.1, -0.05) is 11.3 Å². The van der Waals surface area contributed by atoms with Gasteiger partial charge >= 0.3 is 5.97 Å². The van der Waals surface area contributed by atoms with Crippen LogP contribution in [0.25, 0.3) is 5.69 Å². The molecule has 1 fully saturated rings. The monoisotopic (exact) mass is 400 g/mol. The molecular weight excluding hydrogens is 372 g/mol. The van der Waals surface area contributed by atoms with Crippen LogP contribution in [-0.4, -0.2) is 59.1 Å². The fraction of sp³-hybridized carbons (Fsp3) is 0.524. The number of methoxy groups -OCH3 is 2. The van der Waals surface area contributed by atoms with Crippen molar-refractivity contribution in [2.24, 2.45) is 11.3 Å². The minimum Gasteiger partial charge on any atom is -0.497 e. The summed E-state index contributed by atoms with van der Waals surface area (Å²) in [5.41, 5.74) is 1.11. The number of esters is 1. The quantitative estimate of drug-likeness (QED) is 0.717. The third-order valence-corrected chi connectivity index (χ3v) is 5.84. The average Bonchev–Trinajstić information content (AvgIpc) is 3.13. The van der Waals surface area contributed by atoms with Gasteiger partial charge in [-0.3, -0.25) is 9.59 Å². The summed E-state index contributed by atoms with van der Waals surface area (Å²) in [7, 11) is 3.00. The van der Waals surface area contributed by atoms with E-state index in [0.717, 1.165) is 18.5 Å². The lowest BCUT2D eigenvalue weighted by molar-refractivity contribution is -0.155. The largest absolute Gasteiger partial charge is 0.497 e. The second kappa shape index (κ2) is 8.23. The highest BCUT2D eigenvalue weighted by molar-refractivity contribution is 5.93. The maximum absolute atomic E-state index is 13.2. The fourth-order valence-electron chi connectivity index (χ4n) is 3.84. The Morgan fingerprint density at radius 3 is 2.69 bits per heavy atom. The van der Waals surface area contributed by atoms with E-state index >= 15 is 0 Å². The Morgan fingerprint density at radius 2 is 2.00 bits per heavy atom. The van der Waals surface area contributed by atoms with Crippen molar-refractivity contribution in [1.29, 1.82) is 0 Å². The minimum absolute atomic E-state index is 0.0291. The third kappa shape index (κ3) is 3.97. The number of ether oxygens (including phenoxy) is 2. The van der Waals surface area contributed by atoms with Crippen molar-refractivity contribution in [2.45, 2.75) is 33.6 Å². The molecule has 2 aromatic rings. The van der Waals surface area contributed by atoms with Crippen molar-refractivity contribution in [3.63, 3.8) is 0 Å². The van der Waals surface area contributed by atoms with Crippen LogP contribution < -0.4 is 4.74 Å². The van der Waals surface area contributed by atoms with Gasteiger partial charge in [0.1, 0.15) is 5.75 Å². The Kier molecular flexibility index (Phi) is 5.91. The Balaban J connectivity index is 1.82. The molecule has 1 saturated heterocycles. The molecule has 1 aliphatic rings. The van der Waals surface area contributed by atoms with Crippen LogP contribution in [0.2, 0.25) is 0 Å². The molecule has 156 valence electrons. The van der Waals surface area contributed by atoms with Crippen LogP contribution in [0.5, 0.6) is 5.75 Å². The Bertz CT molecular complexity index is 906. The number of hydrogen-bond donors (Lipinski definition) is 0. The topological polar surface area (TPSA) is 86.5 Å². The molecule has 3 rings (SSSR count). The number of piperidine rings is 1. The maximum atomic E-state index is 13.2. The highest BCUT2D eigenvalue weighted by Crippen LogP contribution is 2.35. The average molecular weight is 400 g/mol. The molecule has 2 heterocycles. The molecule has 0 spiro atoms. The summed E-state index contributed by atoms with van der Waals surface area (Å²) >= 11 is 0. The van der Waals surface area contributed by atoms with Crippen LogP contribution in [0.1, 0.15) is 42.9 Å². The first-order valence-electron chi connectivity index (χ1n) is 9.74. The van der Waals surface area contributed by atoms with Crippen LogP contribution in [0.15, 0.2) is 24.3 Å². The van der Waals surface area contributed by atoms with Crippen LogP contribution >= 0.6 is 0 Å². The molecule has 1 aliphatic heterocycles. The van der Waals surface area contributed by atoms with Crippen LogP contribution in [0, 0.1) is 18.3 Å². The lowest BCUT2D eigenvalue weighted by Gasteiger charge is -2.39. The van der Waals surface area contributed by atoms with E-state index in [4.69, 9.17) is 9.47 Å². The third-order valence-electron chi connectivity index (χ3n) is 5.84. The number of carbonyl (C=O) groups excluding carboxylic acids is 2. The molecule has 8 nitrogen and oxygen atoms in total. The summed E-state index contributed by atoms with van der Waals surface area (Å²) in [5, 5.41) is 8.33. The molecule has 1 atom stereocenters. The smallest absolute Gasteiger partial charge is 0.311 e. The summed E-state index contributed by atoms with van der Waals surface area (Å²) in [6.45, 7) is 6.71. The van der Waals surface area contributed by atoms with Gasteiger partial charge < -0.3 is 14.4 Å². The molecule has 0 aliphatic carbocycles. The van der Waals surface area contributed by atoms with Gasteiger partial charge in [0, 0.05) is 19.2 Å². The second-order valence-corrected chi connectivity index (χ2v) is 7.94. The molecule has 0 saturated carbocycles. The first kappa shape index (κ1) is 20.8. The highest BCUT2D eigenvalue weighted by atomic mass is 16.5. The number of nitrogens with zero attached hydrogens (tertiary/aromatic N) is 4. The van der Waals surface area contributed by atoms with Gasteiger partial charge in [0.25, 0.3) is 5.91 Å². The molecule has 29 heavy (non-hydrogen) atoms. The van der Waals surface area contributed by atoms with E-state index in [1.807, 2.05) is 45.0 Å². The predicted octanol–water partition coefficient (Wildman–Crippen LogP) is 2.64. The van der Waals surface area contributed by atoms with Gasteiger partial charge in [-0.2, -0.15) is 0 Å². The first-order valence-corrected chi connectivity index (χ1v) is 9.74. The van der Waals surface area contributed by atoms with Crippen molar-refractivity contribution in [2.75, 3.05) is 27.3 Å². The van der Waals surface area contributed by atoms with Gasteiger partial charge in [0.05, 0.1) is 31.0 Å². The van der Waals surface area contributed by atoms with Crippen molar-refractivity contribution >= 4 is 11.9 Å². The van der Waals surface area contributed by atoms with Crippen molar-refractivity contribution in [3.8, 4) is 11.4 Å². The Hall–Kier alpha value is -2.90. The van der Waals surface area contributed by atoms with E-state index in [1.54, 1.807) is 16.7 Å². The van der Waals surface area contributed by atoms with Crippen LogP contribution in [0.4, 0.5) is 0 Å². The number of benzene rings is 1. The summed E-state index contributed by atoms with van der Waals surface area (Å²) in [4.78, 5) is 27.1. The highest BCUT2D eigenvalue weighted by Gasteiger charge is 2.41. The summed E-state index contributed by atoms with van der Waals surface area (Å²) < 4.78 is 11.9. The lowest BCUT2D eigenvalue weighted by Crippen LogP contribution is -2.47. The molecule has 0 bridgehead atoms. The molecule has 8 heteroatoms. The van der Waals surface area contributed by atoms with Gasteiger partial charge in [-0.25, -0.2) is 4.68 Å². The summed E-state index contributed by atoms with van der Waals surface area (Å²) in [5.74, 6) is 0.314. The van der Waals surface area contributed by atoms with Gasteiger partial charge in [-0.15, -0.1) is 5.10 Å². The molecular formula is C21H28N4O4. The molecule has 0 radical (unpaired) electrons. The van der Waals surface area contributed by atoms with E-state index in [2.05, 4.69) is 10.3 Å². The number of carbonyl (C=O) groups is 2. The second-order valence-electron chi connectivity index (χ2n) is 7.94. The molecule has 0 N–H and O–H groups in total. The van der Waals surface area contributed by atoms with E-state index in [9.17, 15) is 9.59 Å². The lowest BCUT2D eigenvalue weighted by atomic mass is 9.74. The molecule has 1 amide bonds.